The fourth-order valence-corrected chi connectivity index (χ4v) is 16.4. The maximum Gasteiger partial charge on any atom is 0.315 e. The SMILES string of the molecule is CC(=O)OC[C@H]1O[C@@H](OC[C@H]2O[C@@H](OC[C@H]3O[C@@H](OC(=O)[C@]45CCC(C)(C)C[C@@H]4C4=CC[C@@H]6[C@@]7(C)CC[C@H](O)[C@@](C)(C(=O)O)[C@@H]7CC[C@@]6(C)[C@]4(C)CC5)[C@H](O)[C@@H](O[C@@H]4O[C@H](CO)[C@@H](O)[C@H](O)[C@H]4O)[C@@H]3O)[C@H](O)[C@@H](O)[C@@H]2O)[C@H](O)[C@@H](O)[C@@H]1O. The van der Waals surface area contributed by atoms with Crippen LogP contribution in [-0.2, 0) is 57.0 Å². The summed E-state index contributed by atoms with van der Waals surface area (Å²) >= 11 is 0. The minimum absolute atomic E-state index is 0.0597. The molecule has 468 valence electrons. The van der Waals surface area contributed by atoms with Gasteiger partial charge in [-0.25, -0.2) is 0 Å². The van der Waals surface area contributed by atoms with Gasteiger partial charge in [0.15, 0.2) is 18.9 Å². The van der Waals surface area contributed by atoms with Crippen molar-refractivity contribution in [3.63, 3.8) is 0 Å². The van der Waals surface area contributed by atoms with Crippen molar-refractivity contribution in [1.29, 1.82) is 0 Å². The van der Waals surface area contributed by atoms with E-state index in [2.05, 4.69) is 40.7 Å². The van der Waals surface area contributed by atoms with Crippen molar-refractivity contribution in [2.24, 2.45) is 50.2 Å². The molecule has 0 radical (unpaired) electrons. The number of aliphatic carboxylic acids is 1. The number of rotatable bonds is 14. The molecule has 8 fully saturated rings. The van der Waals surface area contributed by atoms with Crippen LogP contribution in [0.3, 0.4) is 0 Å². The topological polar surface area (TPSA) is 418 Å². The van der Waals surface area contributed by atoms with E-state index in [1.165, 1.54) is 0 Å². The molecule has 26 heteroatoms. The van der Waals surface area contributed by atoms with E-state index in [1.807, 2.05) is 0 Å². The number of allylic oxidation sites excluding steroid dienone is 2. The molecule has 0 amide bonds. The Kier molecular flexibility index (Phi) is 18.3. The van der Waals surface area contributed by atoms with Crippen molar-refractivity contribution in [2.75, 3.05) is 26.4 Å². The number of hydrogen-bond donors (Lipinski definition) is 14. The molecule has 29 atom stereocenters. The third kappa shape index (κ3) is 10.7. The average Bonchev–Trinajstić information content (AvgIpc) is 1.14. The molecule has 26 nitrogen and oxygen atoms in total. The van der Waals surface area contributed by atoms with Crippen molar-refractivity contribution < 1.29 is 129 Å². The van der Waals surface area contributed by atoms with Crippen LogP contribution in [0.15, 0.2) is 11.6 Å². The largest absolute Gasteiger partial charge is 0.481 e. The van der Waals surface area contributed by atoms with Gasteiger partial charge in [0.25, 0.3) is 0 Å². The third-order valence-corrected chi connectivity index (χ3v) is 21.8. The lowest BCUT2D eigenvalue weighted by atomic mass is 9.33. The Bertz CT molecular complexity index is 2340. The molecule has 0 bridgehead atoms. The molecule has 4 aliphatic heterocycles. The van der Waals surface area contributed by atoms with Crippen LogP contribution in [0.5, 0.6) is 0 Å². The normalized spacial score (nSPS) is 51.9. The van der Waals surface area contributed by atoms with Crippen LogP contribution in [0.1, 0.15) is 113 Å². The van der Waals surface area contributed by atoms with Gasteiger partial charge < -0.3 is 114 Å². The fourth-order valence-electron chi connectivity index (χ4n) is 16.4. The summed E-state index contributed by atoms with van der Waals surface area (Å²) in [5.41, 5.74) is -2.82. The molecule has 9 rings (SSSR count). The van der Waals surface area contributed by atoms with E-state index in [0.29, 0.717) is 64.2 Å². The molecule has 14 N–H and O–H groups in total. The van der Waals surface area contributed by atoms with E-state index in [4.69, 9.17) is 42.6 Å². The van der Waals surface area contributed by atoms with E-state index in [9.17, 15) is 81.1 Å². The van der Waals surface area contributed by atoms with E-state index >= 15 is 4.79 Å². The van der Waals surface area contributed by atoms with Crippen LogP contribution in [0.2, 0.25) is 0 Å². The standard InChI is InChI=1S/C56H88O26/c1-23(58)74-20-27-34(61)38(65)40(67)45(78-27)75-21-28-35(62)39(66)41(68)46(79-28)76-22-29-36(63)44(81-47-42(69)37(64)33(60)26(19-57)77-47)43(70)48(80-29)82-50(73)56-16-14-51(2,3)18-25(56)24-8-9-30-52(4)12-11-32(59)55(7,49(71)72)31(52)10-13-54(30,6)53(24,5)15-17-56/h8,25-48,57,59-70H,9-22H2,1-7H3,(H,71,72)/t25-,26-,27-,28-,29-,30-,31-,32+,33-,34-,35-,36-,37+,38+,39+,40-,41-,42-,43-,44+,45-,46-,47+,48+,52-,53-,54-,55+,56+/m1/s1. The summed E-state index contributed by atoms with van der Waals surface area (Å²) < 4.78 is 51.8. The molecule has 9 aliphatic rings. The fraction of sp³-hybridized carbons (Fsp3) is 0.911. The minimum atomic E-state index is -2.07. The highest BCUT2D eigenvalue weighted by Gasteiger charge is 2.71. The van der Waals surface area contributed by atoms with Crippen LogP contribution < -0.4 is 0 Å². The summed E-state index contributed by atoms with van der Waals surface area (Å²) in [6, 6.07) is 0. The van der Waals surface area contributed by atoms with Gasteiger partial charge in [-0.1, -0.05) is 46.3 Å². The molecule has 0 aromatic heterocycles. The van der Waals surface area contributed by atoms with Crippen LogP contribution >= 0.6 is 0 Å². The number of aliphatic hydroxyl groups excluding tert-OH is 13. The first-order valence-electron chi connectivity index (χ1n) is 28.9. The first kappa shape index (κ1) is 63.8. The molecule has 0 aromatic carbocycles. The van der Waals surface area contributed by atoms with Gasteiger partial charge in [0.05, 0.1) is 36.8 Å². The summed E-state index contributed by atoms with van der Waals surface area (Å²) in [5.74, 6) is -3.03. The second kappa shape index (κ2) is 23.5. The number of ether oxygens (including phenoxy) is 9. The van der Waals surface area contributed by atoms with Gasteiger partial charge in [0, 0.05) is 6.92 Å². The zero-order chi connectivity index (χ0) is 60.1. The summed E-state index contributed by atoms with van der Waals surface area (Å²) in [6.45, 7) is 10.9. The second-order valence-electron chi connectivity index (χ2n) is 26.7. The Labute approximate surface area is 475 Å². The Morgan fingerprint density at radius 2 is 1.10 bits per heavy atom. The maximum atomic E-state index is 15.5. The minimum Gasteiger partial charge on any atom is -0.481 e. The number of aliphatic hydroxyl groups is 13. The Morgan fingerprint density at radius 1 is 0.573 bits per heavy atom. The highest BCUT2D eigenvalue weighted by Crippen LogP contribution is 2.76. The van der Waals surface area contributed by atoms with Crippen molar-refractivity contribution >= 4 is 17.9 Å². The van der Waals surface area contributed by atoms with Gasteiger partial charge in [-0.15, -0.1) is 0 Å². The van der Waals surface area contributed by atoms with E-state index in [-0.39, 0.29) is 28.6 Å². The number of carboxylic acid groups (broad SMARTS) is 1. The van der Waals surface area contributed by atoms with E-state index in [1.54, 1.807) is 6.92 Å². The Morgan fingerprint density at radius 3 is 1.67 bits per heavy atom. The number of esters is 2. The quantitative estimate of drug-likeness (QED) is 0.0637. The zero-order valence-electron chi connectivity index (χ0n) is 47.5. The summed E-state index contributed by atoms with van der Waals surface area (Å²) in [7, 11) is 0. The van der Waals surface area contributed by atoms with Gasteiger partial charge in [0.1, 0.15) is 104 Å². The molecule has 0 unspecified atom stereocenters. The number of fused-ring (bicyclic) bond motifs is 7. The molecule has 4 heterocycles. The molecule has 82 heavy (non-hydrogen) atoms. The number of carbonyl (C=O) groups is 3. The molecular formula is C56H88O26. The molecular weight excluding hydrogens is 1090 g/mol. The average molecular weight is 1180 g/mol. The van der Waals surface area contributed by atoms with E-state index < -0.39 is 195 Å². The molecule has 4 saturated carbocycles. The van der Waals surface area contributed by atoms with Crippen molar-refractivity contribution in [2.45, 2.75) is 242 Å². The third-order valence-electron chi connectivity index (χ3n) is 21.8. The van der Waals surface area contributed by atoms with Crippen LogP contribution in [0, 0.1) is 50.2 Å². The van der Waals surface area contributed by atoms with Crippen molar-refractivity contribution in [3.8, 4) is 0 Å². The second-order valence-corrected chi connectivity index (χ2v) is 26.7. The van der Waals surface area contributed by atoms with Gasteiger partial charge in [-0.2, -0.15) is 0 Å². The Balaban J connectivity index is 0.966. The Hall–Kier alpha value is -2.65. The zero-order valence-corrected chi connectivity index (χ0v) is 47.5. The lowest BCUT2D eigenvalue weighted by Gasteiger charge is -2.71. The lowest BCUT2D eigenvalue weighted by Crippen LogP contribution is -2.67. The predicted octanol–water partition coefficient (Wildman–Crippen LogP) is -2.40. The first-order valence-corrected chi connectivity index (χ1v) is 28.9. The van der Waals surface area contributed by atoms with Gasteiger partial charge in [0.2, 0.25) is 6.29 Å². The van der Waals surface area contributed by atoms with Gasteiger partial charge in [-0.3, -0.25) is 14.4 Å². The highest BCUT2D eigenvalue weighted by molar-refractivity contribution is 5.79. The van der Waals surface area contributed by atoms with Gasteiger partial charge in [-0.05, 0) is 111 Å². The summed E-state index contributed by atoms with van der Waals surface area (Å²) in [5, 5.41) is 153. The van der Waals surface area contributed by atoms with E-state index in [0.717, 1.165) is 12.5 Å². The van der Waals surface area contributed by atoms with Crippen LogP contribution in [0.25, 0.3) is 0 Å². The number of hydrogen-bond acceptors (Lipinski definition) is 25. The number of carbonyl (C=O) groups excluding carboxylic acids is 2. The molecule has 0 aromatic rings. The van der Waals surface area contributed by atoms with Crippen molar-refractivity contribution in [3.05, 3.63) is 11.6 Å². The highest BCUT2D eigenvalue weighted by atomic mass is 16.8. The van der Waals surface area contributed by atoms with Crippen LogP contribution in [0.4, 0.5) is 0 Å². The lowest BCUT2D eigenvalue weighted by molar-refractivity contribution is -0.364. The monoisotopic (exact) mass is 1180 g/mol. The summed E-state index contributed by atoms with van der Waals surface area (Å²) in [6.07, 6.45) is -29.9. The maximum absolute atomic E-state index is 15.5. The molecule has 4 saturated heterocycles. The van der Waals surface area contributed by atoms with Crippen molar-refractivity contribution in [1.82, 2.24) is 0 Å². The van der Waals surface area contributed by atoms with Gasteiger partial charge >= 0.3 is 17.9 Å². The smallest absolute Gasteiger partial charge is 0.315 e. The molecule has 0 spiro atoms. The first-order chi connectivity index (χ1) is 38.3. The van der Waals surface area contributed by atoms with Crippen LogP contribution in [-0.4, -0.2) is 245 Å². The number of carboxylic acids is 1. The summed E-state index contributed by atoms with van der Waals surface area (Å²) in [4.78, 5) is 39.9. The molecule has 5 aliphatic carbocycles. The predicted molar refractivity (Wildman–Crippen MR) is 274 cm³/mol.